The highest BCUT2D eigenvalue weighted by Crippen LogP contribution is 2.31. The van der Waals surface area contributed by atoms with E-state index in [4.69, 9.17) is 10.00 Å². The summed E-state index contributed by atoms with van der Waals surface area (Å²) in [5.41, 5.74) is 4.62. The normalized spacial score (nSPS) is 12.1. The minimum absolute atomic E-state index is 0.0289. The van der Waals surface area contributed by atoms with Crippen LogP contribution >= 0.6 is 0 Å². The Hall–Kier alpha value is -1.69. The molecule has 0 fully saturated rings. The van der Waals surface area contributed by atoms with Crippen molar-refractivity contribution in [1.82, 2.24) is 0 Å². The number of nitrogens with zero attached hydrogens (tertiary/aromatic N) is 1. The Morgan fingerprint density at radius 3 is 2.37 bits per heavy atom. The van der Waals surface area contributed by atoms with Crippen LogP contribution in [-0.2, 0) is 0 Å². The van der Waals surface area contributed by atoms with E-state index in [0.717, 1.165) is 22.6 Å². The van der Waals surface area contributed by atoms with E-state index in [-0.39, 0.29) is 5.92 Å². The molecule has 1 aromatic carbocycles. The molecule has 0 aliphatic rings. The zero-order valence-electron chi connectivity index (χ0n) is 12.8. The lowest BCUT2D eigenvalue weighted by molar-refractivity contribution is 0.411. The molecule has 0 amide bonds. The number of methoxy groups -OCH3 is 1. The van der Waals surface area contributed by atoms with E-state index >= 15 is 0 Å². The predicted molar refractivity (Wildman–Crippen MR) is 79.6 cm³/mol. The number of hydrogen-bond acceptors (Lipinski definition) is 3. The SMILES string of the molecule is COc1cc(C)c(NCC(C#N)C(C)C)c(C)c1C. The van der Waals surface area contributed by atoms with Crippen LogP contribution in [0.3, 0.4) is 0 Å². The highest BCUT2D eigenvalue weighted by atomic mass is 16.5. The second-order valence-electron chi connectivity index (χ2n) is 5.38. The summed E-state index contributed by atoms with van der Waals surface area (Å²) < 4.78 is 5.37. The van der Waals surface area contributed by atoms with Gasteiger partial charge in [-0.15, -0.1) is 0 Å². The lowest BCUT2D eigenvalue weighted by Crippen LogP contribution is -2.19. The molecule has 19 heavy (non-hydrogen) atoms. The number of hydrogen-bond donors (Lipinski definition) is 1. The molecule has 3 nitrogen and oxygen atoms in total. The van der Waals surface area contributed by atoms with Crippen LogP contribution in [-0.4, -0.2) is 13.7 Å². The van der Waals surface area contributed by atoms with Gasteiger partial charge in [-0.2, -0.15) is 5.26 Å². The van der Waals surface area contributed by atoms with Gasteiger partial charge in [-0.3, -0.25) is 0 Å². The second kappa shape index (κ2) is 6.47. The first kappa shape index (κ1) is 15.4. The Bertz CT molecular complexity index is 487. The molecule has 104 valence electrons. The number of ether oxygens (including phenoxy) is 1. The predicted octanol–water partition coefficient (Wildman–Crippen LogP) is 3.83. The van der Waals surface area contributed by atoms with Crippen LogP contribution in [0, 0.1) is 43.9 Å². The van der Waals surface area contributed by atoms with E-state index in [1.54, 1.807) is 7.11 Å². The van der Waals surface area contributed by atoms with Crippen molar-refractivity contribution in [3.63, 3.8) is 0 Å². The van der Waals surface area contributed by atoms with Crippen LogP contribution in [0.2, 0.25) is 0 Å². The number of aryl methyl sites for hydroxylation is 1. The van der Waals surface area contributed by atoms with Crippen molar-refractivity contribution in [1.29, 1.82) is 5.26 Å². The van der Waals surface area contributed by atoms with Gasteiger partial charge in [0.25, 0.3) is 0 Å². The van der Waals surface area contributed by atoms with Crippen LogP contribution in [0.1, 0.15) is 30.5 Å². The molecule has 3 heteroatoms. The molecule has 1 rings (SSSR count). The number of benzene rings is 1. The van der Waals surface area contributed by atoms with E-state index in [9.17, 15) is 0 Å². The maximum absolute atomic E-state index is 9.14. The molecule has 0 saturated heterocycles. The van der Waals surface area contributed by atoms with Gasteiger partial charge in [0.1, 0.15) is 5.75 Å². The molecule has 1 atom stereocenters. The maximum Gasteiger partial charge on any atom is 0.122 e. The summed E-state index contributed by atoms with van der Waals surface area (Å²) >= 11 is 0. The van der Waals surface area contributed by atoms with Gasteiger partial charge in [-0.1, -0.05) is 13.8 Å². The van der Waals surface area contributed by atoms with E-state index in [1.807, 2.05) is 6.07 Å². The van der Waals surface area contributed by atoms with Gasteiger partial charge in [0.2, 0.25) is 0 Å². The topological polar surface area (TPSA) is 45.0 Å². The van der Waals surface area contributed by atoms with Crippen molar-refractivity contribution in [2.24, 2.45) is 11.8 Å². The average Bonchev–Trinajstić information content (AvgIpc) is 2.37. The second-order valence-corrected chi connectivity index (χ2v) is 5.38. The van der Waals surface area contributed by atoms with Crippen molar-refractivity contribution >= 4 is 5.69 Å². The number of rotatable bonds is 5. The summed E-state index contributed by atoms with van der Waals surface area (Å²) in [7, 11) is 1.69. The summed E-state index contributed by atoms with van der Waals surface area (Å²) in [6.07, 6.45) is 0. The molecule has 0 aliphatic carbocycles. The van der Waals surface area contributed by atoms with Crippen molar-refractivity contribution in [2.45, 2.75) is 34.6 Å². The summed E-state index contributed by atoms with van der Waals surface area (Å²) in [5, 5.41) is 12.6. The fourth-order valence-corrected chi connectivity index (χ4v) is 2.17. The molecule has 0 saturated carbocycles. The van der Waals surface area contributed by atoms with Crippen molar-refractivity contribution in [3.05, 3.63) is 22.8 Å². The van der Waals surface area contributed by atoms with Gasteiger partial charge in [-0.05, 0) is 49.4 Å². The molecule has 0 aliphatic heterocycles. The largest absolute Gasteiger partial charge is 0.496 e. The lowest BCUT2D eigenvalue weighted by atomic mass is 9.96. The van der Waals surface area contributed by atoms with Crippen molar-refractivity contribution in [3.8, 4) is 11.8 Å². The summed E-state index contributed by atoms with van der Waals surface area (Å²) in [6.45, 7) is 11.0. The van der Waals surface area contributed by atoms with E-state index < -0.39 is 0 Å². The summed E-state index contributed by atoms with van der Waals surface area (Å²) in [6, 6.07) is 4.40. The Morgan fingerprint density at radius 1 is 1.26 bits per heavy atom. The molecule has 0 bridgehead atoms. The Labute approximate surface area is 116 Å². The minimum Gasteiger partial charge on any atom is -0.496 e. The van der Waals surface area contributed by atoms with Gasteiger partial charge in [0.05, 0.1) is 19.1 Å². The first-order chi connectivity index (χ1) is 8.92. The Balaban J connectivity index is 2.97. The zero-order valence-corrected chi connectivity index (χ0v) is 12.8. The molecule has 1 N–H and O–H groups in total. The molecule has 1 unspecified atom stereocenters. The van der Waals surface area contributed by atoms with Gasteiger partial charge in [0, 0.05) is 12.2 Å². The minimum atomic E-state index is 0.0289. The first-order valence-electron chi connectivity index (χ1n) is 6.70. The molecule has 0 radical (unpaired) electrons. The van der Waals surface area contributed by atoms with Crippen LogP contribution < -0.4 is 10.1 Å². The van der Waals surface area contributed by atoms with Gasteiger partial charge < -0.3 is 10.1 Å². The highest BCUT2D eigenvalue weighted by molar-refractivity contribution is 5.63. The first-order valence-corrected chi connectivity index (χ1v) is 6.70. The van der Waals surface area contributed by atoms with E-state index in [1.165, 1.54) is 5.56 Å². The Morgan fingerprint density at radius 2 is 1.89 bits per heavy atom. The third-order valence-electron chi connectivity index (χ3n) is 3.74. The van der Waals surface area contributed by atoms with E-state index in [0.29, 0.717) is 12.5 Å². The highest BCUT2D eigenvalue weighted by Gasteiger charge is 2.15. The van der Waals surface area contributed by atoms with Crippen molar-refractivity contribution < 1.29 is 4.74 Å². The molecule has 1 aromatic rings. The maximum atomic E-state index is 9.14. The standard InChI is InChI=1S/C16H24N2O/c1-10(2)14(8-17)9-18-16-11(3)7-15(19-6)12(4)13(16)5/h7,10,14,18H,9H2,1-6H3. The molecule has 0 heterocycles. The fourth-order valence-electron chi connectivity index (χ4n) is 2.17. The molecular formula is C16H24N2O. The molecule has 0 spiro atoms. The van der Waals surface area contributed by atoms with Crippen LogP contribution in [0.15, 0.2) is 6.07 Å². The van der Waals surface area contributed by atoms with Gasteiger partial charge in [0.15, 0.2) is 0 Å². The average molecular weight is 260 g/mol. The monoisotopic (exact) mass is 260 g/mol. The molecular weight excluding hydrogens is 236 g/mol. The fraction of sp³-hybridized carbons (Fsp3) is 0.562. The van der Waals surface area contributed by atoms with Crippen LogP contribution in [0.25, 0.3) is 0 Å². The van der Waals surface area contributed by atoms with E-state index in [2.05, 4.69) is 46.0 Å². The number of nitriles is 1. The zero-order chi connectivity index (χ0) is 14.6. The quantitative estimate of drug-likeness (QED) is 0.875. The molecule has 0 aromatic heterocycles. The lowest BCUT2D eigenvalue weighted by Gasteiger charge is -2.20. The third-order valence-corrected chi connectivity index (χ3v) is 3.74. The summed E-state index contributed by atoms with van der Waals surface area (Å²) in [5.74, 6) is 1.31. The van der Waals surface area contributed by atoms with Crippen molar-refractivity contribution in [2.75, 3.05) is 19.0 Å². The van der Waals surface area contributed by atoms with Crippen LogP contribution in [0.4, 0.5) is 5.69 Å². The number of nitrogens with one attached hydrogen (secondary N) is 1. The van der Waals surface area contributed by atoms with Gasteiger partial charge >= 0.3 is 0 Å². The number of anilines is 1. The van der Waals surface area contributed by atoms with Crippen LogP contribution in [0.5, 0.6) is 5.75 Å². The smallest absolute Gasteiger partial charge is 0.122 e. The summed E-state index contributed by atoms with van der Waals surface area (Å²) in [4.78, 5) is 0. The Kier molecular flexibility index (Phi) is 5.23. The van der Waals surface area contributed by atoms with Gasteiger partial charge in [-0.25, -0.2) is 0 Å². The third kappa shape index (κ3) is 3.41.